The predicted molar refractivity (Wildman–Crippen MR) is 144 cm³/mol. The van der Waals surface area contributed by atoms with Crippen molar-refractivity contribution < 1.29 is 14.2 Å². The Kier molecular flexibility index (Phi) is 10.2. The Morgan fingerprint density at radius 3 is 2.22 bits per heavy atom. The van der Waals surface area contributed by atoms with Gasteiger partial charge in [-0.1, -0.05) is 59.3 Å². The maximum absolute atomic E-state index is 13.3. The van der Waals surface area contributed by atoms with Crippen LogP contribution >= 0.6 is 0 Å². The van der Waals surface area contributed by atoms with Gasteiger partial charge >= 0.3 is 0 Å². The summed E-state index contributed by atoms with van der Waals surface area (Å²) in [6.07, 6.45) is 10.1. The van der Waals surface area contributed by atoms with Crippen molar-refractivity contribution in [2.75, 3.05) is 21.3 Å². The Labute approximate surface area is 214 Å². The summed E-state index contributed by atoms with van der Waals surface area (Å²) in [4.78, 5) is 21.3. The van der Waals surface area contributed by atoms with E-state index in [0.717, 1.165) is 49.8 Å². The van der Waals surface area contributed by atoms with Gasteiger partial charge in [0.15, 0.2) is 17.1 Å². The summed E-state index contributed by atoms with van der Waals surface area (Å²) < 4.78 is 18.5. The second-order valence-corrected chi connectivity index (χ2v) is 9.35. The third-order valence-electron chi connectivity index (χ3n) is 6.62. The maximum atomic E-state index is 13.3. The second kappa shape index (κ2) is 13.3. The molecule has 1 unspecified atom stereocenters. The molecule has 0 saturated carbocycles. The summed E-state index contributed by atoms with van der Waals surface area (Å²) in [5.41, 5.74) is 2.31. The summed E-state index contributed by atoms with van der Waals surface area (Å²) in [7, 11) is 4.77. The Morgan fingerprint density at radius 2 is 1.64 bits per heavy atom. The highest BCUT2D eigenvalue weighted by molar-refractivity contribution is 5.77. The molecule has 2 aromatic heterocycles. The molecule has 36 heavy (non-hydrogen) atoms. The molecule has 3 rings (SSSR count). The number of aromatic nitrogens is 4. The number of hydrogen-bond acceptors (Lipinski definition) is 6. The van der Waals surface area contributed by atoms with E-state index in [1.165, 1.54) is 19.3 Å². The molecule has 0 radical (unpaired) electrons. The molecule has 8 heteroatoms. The summed E-state index contributed by atoms with van der Waals surface area (Å²) >= 11 is 0. The molecule has 2 heterocycles. The van der Waals surface area contributed by atoms with Crippen molar-refractivity contribution in [1.82, 2.24) is 19.7 Å². The minimum Gasteiger partial charge on any atom is -0.493 e. The molecule has 1 atom stereocenters. The van der Waals surface area contributed by atoms with Crippen molar-refractivity contribution in [3.63, 3.8) is 0 Å². The van der Waals surface area contributed by atoms with Crippen LogP contribution in [0.4, 0.5) is 0 Å². The number of nitrogens with zero attached hydrogens (tertiary/aromatic N) is 3. The highest BCUT2D eigenvalue weighted by Crippen LogP contribution is 2.38. The molecule has 198 valence electrons. The zero-order valence-corrected chi connectivity index (χ0v) is 22.8. The predicted octanol–water partition coefficient (Wildman–Crippen LogP) is 6.00. The molecule has 0 aliphatic carbocycles. The Bertz CT molecular complexity index is 1160. The van der Waals surface area contributed by atoms with Crippen LogP contribution in [0.2, 0.25) is 0 Å². The van der Waals surface area contributed by atoms with E-state index in [1.807, 2.05) is 16.8 Å². The number of rotatable bonds is 15. The van der Waals surface area contributed by atoms with Crippen LogP contribution in [0.1, 0.15) is 95.3 Å². The first-order valence-electron chi connectivity index (χ1n) is 13.3. The molecule has 0 aliphatic heterocycles. The summed E-state index contributed by atoms with van der Waals surface area (Å²) in [5, 5.41) is 5.59. The number of hydrogen-bond donors (Lipinski definition) is 1. The lowest BCUT2D eigenvalue weighted by molar-refractivity contribution is 0.324. The van der Waals surface area contributed by atoms with Gasteiger partial charge < -0.3 is 19.2 Å². The van der Waals surface area contributed by atoms with E-state index in [4.69, 9.17) is 24.3 Å². The molecule has 0 amide bonds. The van der Waals surface area contributed by atoms with Gasteiger partial charge in [-0.05, 0) is 37.0 Å². The lowest BCUT2D eigenvalue weighted by atomic mass is 10.0. The summed E-state index contributed by atoms with van der Waals surface area (Å²) in [6.45, 7) is 6.54. The normalized spacial score (nSPS) is 12.2. The van der Waals surface area contributed by atoms with Crippen molar-refractivity contribution >= 4 is 11.0 Å². The number of unbranched alkanes of at least 4 members (excludes halogenated alkanes) is 3. The van der Waals surface area contributed by atoms with Crippen LogP contribution in [0.5, 0.6) is 17.2 Å². The van der Waals surface area contributed by atoms with E-state index >= 15 is 0 Å². The number of ether oxygens (including phenoxy) is 3. The first-order chi connectivity index (χ1) is 17.5. The van der Waals surface area contributed by atoms with Gasteiger partial charge in [0.2, 0.25) is 5.75 Å². The highest BCUT2D eigenvalue weighted by atomic mass is 16.5. The molecular weight excluding hydrogens is 456 g/mol. The molecule has 0 saturated heterocycles. The fourth-order valence-corrected chi connectivity index (χ4v) is 4.87. The van der Waals surface area contributed by atoms with Gasteiger partial charge in [0.25, 0.3) is 5.56 Å². The largest absolute Gasteiger partial charge is 0.493 e. The molecule has 0 aliphatic rings. The van der Waals surface area contributed by atoms with Gasteiger partial charge in [0, 0.05) is 6.42 Å². The Balaban J connectivity index is 2.06. The lowest BCUT2D eigenvalue weighted by Gasteiger charge is -2.18. The summed E-state index contributed by atoms with van der Waals surface area (Å²) in [5.74, 6) is 2.27. The van der Waals surface area contributed by atoms with Gasteiger partial charge in [0.05, 0.1) is 33.1 Å². The SMILES string of the molecule is CCCCCCC(CCC)n1nc(CCC)c2c(=O)[nH]c(Cc3cc(OC)c(OC)c(OC)c3)nc21. The molecular formula is C28H42N4O4. The van der Waals surface area contributed by atoms with Gasteiger partial charge in [-0.2, -0.15) is 5.10 Å². The lowest BCUT2D eigenvalue weighted by Crippen LogP contribution is -2.16. The number of aryl methyl sites for hydroxylation is 1. The van der Waals surface area contributed by atoms with Crippen molar-refractivity contribution in [1.29, 1.82) is 0 Å². The number of methoxy groups -OCH3 is 3. The number of fused-ring (bicyclic) bond motifs is 1. The minimum atomic E-state index is -0.127. The van der Waals surface area contributed by atoms with Crippen molar-refractivity contribution in [2.24, 2.45) is 0 Å². The monoisotopic (exact) mass is 498 g/mol. The van der Waals surface area contributed by atoms with Crippen LogP contribution in [0.3, 0.4) is 0 Å². The van der Waals surface area contributed by atoms with E-state index < -0.39 is 0 Å². The fourth-order valence-electron chi connectivity index (χ4n) is 4.87. The number of H-pyrrole nitrogens is 1. The first-order valence-corrected chi connectivity index (χ1v) is 13.3. The standard InChI is InChI=1S/C28H42N4O4/c1-7-10-11-12-15-20(13-8-2)32-27-25(21(31-32)14-9-3)28(33)30-24(29-27)18-19-16-22(34-4)26(36-6)23(17-19)35-5/h16-17,20H,7-15,18H2,1-6H3,(H,29,30,33). The quantitative estimate of drug-likeness (QED) is 0.258. The second-order valence-electron chi connectivity index (χ2n) is 9.35. The molecule has 8 nitrogen and oxygen atoms in total. The van der Waals surface area contributed by atoms with Crippen molar-refractivity contribution in [3.05, 3.63) is 39.6 Å². The van der Waals surface area contributed by atoms with Crippen LogP contribution in [-0.4, -0.2) is 41.1 Å². The Morgan fingerprint density at radius 1 is 0.917 bits per heavy atom. The fraction of sp³-hybridized carbons (Fsp3) is 0.607. The molecule has 0 bridgehead atoms. The smallest absolute Gasteiger partial charge is 0.262 e. The number of nitrogens with one attached hydrogen (secondary N) is 1. The topological polar surface area (TPSA) is 91.3 Å². The van der Waals surface area contributed by atoms with Gasteiger partial charge in [0.1, 0.15) is 11.2 Å². The third-order valence-corrected chi connectivity index (χ3v) is 6.62. The average molecular weight is 499 g/mol. The van der Waals surface area contributed by atoms with Crippen LogP contribution in [0, 0.1) is 0 Å². The van der Waals surface area contributed by atoms with E-state index in [2.05, 4.69) is 25.8 Å². The zero-order chi connectivity index (χ0) is 26.1. The molecule has 0 spiro atoms. The third kappa shape index (κ3) is 6.20. The van der Waals surface area contributed by atoms with Crippen LogP contribution < -0.4 is 19.8 Å². The van der Waals surface area contributed by atoms with Crippen LogP contribution in [0.25, 0.3) is 11.0 Å². The van der Waals surface area contributed by atoms with E-state index in [9.17, 15) is 4.79 Å². The number of benzene rings is 1. The molecule has 0 fully saturated rings. The number of aromatic amines is 1. The molecule has 3 aromatic rings. The van der Waals surface area contributed by atoms with Gasteiger partial charge in [-0.3, -0.25) is 4.79 Å². The highest BCUT2D eigenvalue weighted by Gasteiger charge is 2.22. The van der Waals surface area contributed by atoms with E-state index in [-0.39, 0.29) is 11.6 Å². The average Bonchev–Trinajstić information content (AvgIpc) is 3.24. The minimum absolute atomic E-state index is 0.127. The Hall–Kier alpha value is -3.03. The first kappa shape index (κ1) is 27.6. The van der Waals surface area contributed by atoms with Crippen LogP contribution in [0.15, 0.2) is 16.9 Å². The molecule has 1 aromatic carbocycles. The van der Waals surface area contributed by atoms with Gasteiger partial charge in [-0.15, -0.1) is 0 Å². The summed E-state index contributed by atoms with van der Waals surface area (Å²) in [6, 6.07) is 4.01. The van der Waals surface area contributed by atoms with Crippen molar-refractivity contribution in [3.8, 4) is 17.2 Å². The van der Waals surface area contributed by atoms with E-state index in [1.54, 1.807) is 21.3 Å². The maximum Gasteiger partial charge on any atom is 0.262 e. The van der Waals surface area contributed by atoms with Gasteiger partial charge in [-0.25, -0.2) is 9.67 Å². The van der Waals surface area contributed by atoms with Crippen molar-refractivity contribution in [2.45, 2.75) is 91.0 Å². The zero-order valence-electron chi connectivity index (χ0n) is 22.8. The van der Waals surface area contributed by atoms with Crippen LogP contribution in [-0.2, 0) is 12.8 Å². The van der Waals surface area contributed by atoms with E-state index in [0.29, 0.717) is 40.5 Å². The molecule has 1 N–H and O–H groups in total.